The normalized spacial score (nSPS) is 11.2. The second kappa shape index (κ2) is 8.75. The zero-order valence-corrected chi connectivity index (χ0v) is 17.3. The molecular formula is C21H22N2O4S. The molecule has 2 aromatic carbocycles. The summed E-state index contributed by atoms with van der Waals surface area (Å²) in [4.78, 5) is 11.0. The Balaban J connectivity index is 2.13. The lowest BCUT2D eigenvalue weighted by atomic mass is 10.1. The second-order valence-electron chi connectivity index (χ2n) is 5.83. The van der Waals surface area contributed by atoms with Gasteiger partial charge in [0.1, 0.15) is 17.8 Å². The smallest absolute Gasteiger partial charge is 0.203 e. The Morgan fingerprint density at radius 3 is 2.11 bits per heavy atom. The quantitative estimate of drug-likeness (QED) is 0.432. The molecule has 0 amide bonds. The van der Waals surface area contributed by atoms with Crippen molar-refractivity contribution in [2.75, 3.05) is 28.4 Å². The Morgan fingerprint density at radius 1 is 0.929 bits per heavy atom. The number of hydrogen-bond acceptors (Lipinski definition) is 7. The van der Waals surface area contributed by atoms with Gasteiger partial charge in [-0.1, -0.05) is 35.5 Å². The summed E-state index contributed by atoms with van der Waals surface area (Å²) >= 11 is 1.55. The van der Waals surface area contributed by atoms with Crippen molar-refractivity contribution in [3.63, 3.8) is 0 Å². The number of rotatable bonds is 7. The Labute approximate surface area is 168 Å². The highest BCUT2D eigenvalue weighted by Crippen LogP contribution is 2.39. The van der Waals surface area contributed by atoms with E-state index in [1.807, 2.05) is 49.4 Å². The molecule has 0 radical (unpaired) electrons. The van der Waals surface area contributed by atoms with Crippen molar-refractivity contribution in [1.82, 2.24) is 4.98 Å². The number of nitrogens with zero attached hydrogens (tertiary/aromatic N) is 2. The SMILES string of the molecule is CON=C(c1cc(OC)c(OC)c(OC)c1)c1nc(-c2ccccc2)c(C)s1. The molecule has 0 aliphatic rings. The molecule has 146 valence electrons. The first-order valence-electron chi connectivity index (χ1n) is 8.57. The first-order chi connectivity index (χ1) is 13.6. The summed E-state index contributed by atoms with van der Waals surface area (Å²) in [7, 11) is 6.24. The van der Waals surface area contributed by atoms with E-state index in [4.69, 9.17) is 24.0 Å². The molecule has 0 atom stereocenters. The van der Waals surface area contributed by atoms with Gasteiger partial charge in [0.2, 0.25) is 5.75 Å². The van der Waals surface area contributed by atoms with Gasteiger partial charge >= 0.3 is 0 Å². The van der Waals surface area contributed by atoms with Gasteiger partial charge < -0.3 is 19.0 Å². The average molecular weight is 398 g/mol. The number of benzene rings is 2. The lowest BCUT2D eigenvalue weighted by molar-refractivity contribution is 0.214. The van der Waals surface area contributed by atoms with Gasteiger partial charge in [-0.15, -0.1) is 11.3 Å². The van der Waals surface area contributed by atoms with Crippen molar-refractivity contribution in [2.24, 2.45) is 5.16 Å². The third kappa shape index (κ3) is 3.80. The molecule has 7 heteroatoms. The number of hydrogen-bond donors (Lipinski definition) is 0. The van der Waals surface area contributed by atoms with Gasteiger partial charge in [0, 0.05) is 16.0 Å². The molecule has 1 heterocycles. The Hall–Kier alpha value is -3.06. The topological polar surface area (TPSA) is 62.2 Å². The number of aryl methyl sites for hydroxylation is 1. The fraction of sp³-hybridized carbons (Fsp3) is 0.238. The molecule has 0 spiro atoms. The van der Waals surface area contributed by atoms with E-state index in [2.05, 4.69) is 5.16 Å². The van der Waals surface area contributed by atoms with Crippen LogP contribution < -0.4 is 14.2 Å². The molecule has 28 heavy (non-hydrogen) atoms. The van der Waals surface area contributed by atoms with E-state index in [0.717, 1.165) is 26.7 Å². The van der Waals surface area contributed by atoms with Crippen molar-refractivity contribution < 1.29 is 19.0 Å². The molecule has 0 N–H and O–H groups in total. The number of thiazole rings is 1. The van der Waals surface area contributed by atoms with Gasteiger partial charge in [0.25, 0.3) is 0 Å². The minimum atomic E-state index is 0.519. The van der Waals surface area contributed by atoms with Crippen LogP contribution in [-0.4, -0.2) is 39.1 Å². The van der Waals surface area contributed by atoms with E-state index in [-0.39, 0.29) is 0 Å². The maximum Gasteiger partial charge on any atom is 0.203 e. The summed E-state index contributed by atoms with van der Waals surface area (Å²) in [6.45, 7) is 2.04. The van der Waals surface area contributed by atoms with Crippen LogP contribution in [0.3, 0.4) is 0 Å². The lowest BCUT2D eigenvalue weighted by Gasteiger charge is -2.14. The van der Waals surface area contributed by atoms with Crippen LogP contribution in [0.2, 0.25) is 0 Å². The summed E-state index contributed by atoms with van der Waals surface area (Å²) in [5, 5.41) is 4.97. The first-order valence-corrected chi connectivity index (χ1v) is 9.39. The second-order valence-corrected chi connectivity index (χ2v) is 7.03. The van der Waals surface area contributed by atoms with E-state index in [9.17, 15) is 0 Å². The molecule has 0 fully saturated rings. The van der Waals surface area contributed by atoms with Crippen LogP contribution >= 0.6 is 11.3 Å². The molecular weight excluding hydrogens is 376 g/mol. The predicted molar refractivity (Wildman–Crippen MR) is 111 cm³/mol. The van der Waals surface area contributed by atoms with Gasteiger partial charge in [-0.05, 0) is 19.1 Å². The van der Waals surface area contributed by atoms with Gasteiger partial charge in [0.15, 0.2) is 11.5 Å². The van der Waals surface area contributed by atoms with E-state index in [1.54, 1.807) is 32.7 Å². The molecule has 3 rings (SSSR count). The fourth-order valence-corrected chi connectivity index (χ4v) is 3.82. The van der Waals surface area contributed by atoms with Gasteiger partial charge in [-0.25, -0.2) is 4.98 Å². The summed E-state index contributed by atoms with van der Waals surface area (Å²) in [5.41, 5.74) is 3.34. The van der Waals surface area contributed by atoms with Crippen molar-refractivity contribution >= 4 is 17.0 Å². The molecule has 0 aliphatic carbocycles. The maximum atomic E-state index is 5.46. The van der Waals surface area contributed by atoms with Crippen LogP contribution in [0.1, 0.15) is 15.4 Å². The lowest BCUT2D eigenvalue weighted by Crippen LogP contribution is -2.06. The van der Waals surface area contributed by atoms with Crippen LogP contribution in [0.4, 0.5) is 0 Å². The third-order valence-corrected chi connectivity index (χ3v) is 5.14. The molecule has 0 bridgehead atoms. The fourth-order valence-electron chi connectivity index (χ4n) is 2.89. The Kier molecular flexibility index (Phi) is 6.16. The minimum absolute atomic E-state index is 0.519. The standard InChI is InChI=1S/C21H22N2O4S/c1-13-18(14-9-7-6-8-10-14)22-21(28-13)19(23-27-5)15-11-16(24-2)20(26-4)17(12-15)25-3/h6-12H,1-5H3. The largest absolute Gasteiger partial charge is 0.493 e. The number of ether oxygens (including phenoxy) is 3. The summed E-state index contributed by atoms with van der Waals surface area (Å²) < 4.78 is 16.3. The van der Waals surface area contributed by atoms with Crippen LogP contribution in [0.15, 0.2) is 47.6 Å². The van der Waals surface area contributed by atoms with Crippen molar-refractivity contribution in [3.8, 4) is 28.5 Å². The summed E-state index contributed by atoms with van der Waals surface area (Å²) in [5.74, 6) is 1.60. The number of methoxy groups -OCH3 is 3. The number of aromatic nitrogens is 1. The highest BCUT2D eigenvalue weighted by atomic mass is 32.1. The van der Waals surface area contributed by atoms with E-state index >= 15 is 0 Å². The van der Waals surface area contributed by atoms with Crippen molar-refractivity contribution in [2.45, 2.75) is 6.92 Å². The van der Waals surface area contributed by atoms with Gasteiger partial charge in [-0.3, -0.25) is 0 Å². The summed E-state index contributed by atoms with van der Waals surface area (Å²) in [6.07, 6.45) is 0. The zero-order chi connectivity index (χ0) is 20.1. The minimum Gasteiger partial charge on any atom is -0.493 e. The van der Waals surface area contributed by atoms with Crippen molar-refractivity contribution in [1.29, 1.82) is 0 Å². The highest BCUT2D eigenvalue weighted by molar-refractivity contribution is 7.14. The molecule has 0 saturated carbocycles. The van der Waals surface area contributed by atoms with E-state index < -0.39 is 0 Å². The van der Waals surface area contributed by atoms with Crippen LogP contribution in [0.25, 0.3) is 11.3 Å². The summed E-state index contributed by atoms with van der Waals surface area (Å²) in [6, 6.07) is 13.7. The van der Waals surface area contributed by atoms with Gasteiger partial charge in [0.05, 0.1) is 27.0 Å². The van der Waals surface area contributed by atoms with Crippen LogP contribution in [-0.2, 0) is 4.84 Å². The predicted octanol–water partition coefficient (Wildman–Crippen LogP) is 4.54. The van der Waals surface area contributed by atoms with Crippen LogP contribution in [0.5, 0.6) is 17.2 Å². The molecule has 0 unspecified atom stereocenters. The monoisotopic (exact) mass is 398 g/mol. The molecule has 3 aromatic rings. The average Bonchev–Trinajstić information content (AvgIpc) is 3.12. The van der Waals surface area contributed by atoms with Crippen LogP contribution in [0, 0.1) is 6.92 Å². The molecule has 6 nitrogen and oxygen atoms in total. The molecule has 0 aliphatic heterocycles. The highest BCUT2D eigenvalue weighted by Gasteiger charge is 2.21. The Morgan fingerprint density at radius 2 is 1.57 bits per heavy atom. The Bertz CT molecular complexity index is 958. The number of oxime groups is 1. The molecule has 0 saturated heterocycles. The van der Waals surface area contributed by atoms with Gasteiger partial charge in [-0.2, -0.15) is 0 Å². The van der Waals surface area contributed by atoms with E-state index in [1.165, 1.54) is 7.11 Å². The zero-order valence-electron chi connectivity index (χ0n) is 16.5. The van der Waals surface area contributed by atoms with E-state index in [0.29, 0.717) is 23.0 Å². The molecule has 1 aromatic heterocycles. The third-order valence-electron chi connectivity index (χ3n) is 4.17. The maximum absolute atomic E-state index is 5.46. The van der Waals surface area contributed by atoms with Crippen molar-refractivity contribution in [3.05, 3.63) is 57.9 Å². The first kappa shape index (κ1) is 19.7.